The van der Waals surface area contributed by atoms with Crippen molar-refractivity contribution in [3.05, 3.63) is 68.0 Å². The van der Waals surface area contributed by atoms with Gasteiger partial charge >= 0.3 is 5.69 Å². The second-order valence-corrected chi connectivity index (χ2v) is 4.54. The van der Waals surface area contributed by atoms with E-state index in [1.54, 1.807) is 6.92 Å². The smallest absolute Gasteiger partial charge is 0.330 e. The second kappa shape index (κ2) is 6.34. The summed E-state index contributed by atoms with van der Waals surface area (Å²) in [5.41, 5.74) is 1.51. The lowest BCUT2D eigenvalue weighted by molar-refractivity contribution is 0.0826. The fraction of sp³-hybridized carbons (Fsp3) is 0.333. The topological polar surface area (TPSA) is 64.1 Å². The van der Waals surface area contributed by atoms with Gasteiger partial charge in [0.05, 0.1) is 0 Å². The van der Waals surface area contributed by atoms with Gasteiger partial charge in [0.1, 0.15) is 6.73 Å². The molecule has 106 valence electrons. The van der Waals surface area contributed by atoms with Crippen molar-refractivity contribution in [2.45, 2.75) is 27.0 Å². The monoisotopic (exact) mass is 274 g/mol. The Morgan fingerprint density at radius 2 is 1.90 bits per heavy atom. The zero-order valence-corrected chi connectivity index (χ0v) is 11.7. The van der Waals surface area contributed by atoms with Crippen LogP contribution in [0.1, 0.15) is 23.7 Å². The van der Waals surface area contributed by atoms with Crippen LogP contribution in [0.3, 0.4) is 0 Å². The van der Waals surface area contributed by atoms with Crippen molar-refractivity contribution in [3.63, 3.8) is 0 Å². The van der Waals surface area contributed by atoms with E-state index in [1.807, 2.05) is 37.3 Å². The third-order valence-electron chi connectivity index (χ3n) is 3.23. The Morgan fingerprint density at radius 3 is 2.55 bits per heavy atom. The number of ether oxygens (including phenoxy) is 1. The Kier molecular flexibility index (Phi) is 4.53. The molecule has 1 aromatic carbocycles. The summed E-state index contributed by atoms with van der Waals surface area (Å²) in [6.07, 6.45) is 0.494. The Hall–Kier alpha value is -2.14. The van der Waals surface area contributed by atoms with Crippen molar-refractivity contribution >= 4 is 0 Å². The van der Waals surface area contributed by atoms with Crippen LogP contribution in [-0.4, -0.2) is 16.2 Å². The van der Waals surface area contributed by atoms with Gasteiger partial charge in [0.25, 0.3) is 5.56 Å². The normalized spacial score (nSPS) is 10.7. The van der Waals surface area contributed by atoms with Crippen LogP contribution in [0.5, 0.6) is 0 Å². The molecule has 2 aromatic rings. The zero-order chi connectivity index (χ0) is 14.5. The van der Waals surface area contributed by atoms with Crippen LogP contribution in [0.15, 0.2) is 39.9 Å². The molecule has 0 aliphatic carbocycles. The van der Waals surface area contributed by atoms with E-state index in [-0.39, 0.29) is 12.3 Å². The molecule has 0 spiro atoms. The average molecular weight is 274 g/mol. The number of nitrogens with one attached hydrogen (secondary N) is 1. The largest absolute Gasteiger partial charge is 0.361 e. The minimum Gasteiger partial charge on any atom is -0.361 e. The first-order chi connectivity index (χ1) is 9.63. The fourth-order valence-corrected chi connectivity index (χ4v) is 2.07. The molecule has 0 radical (unpaired) electrons. The molecule has 5 heteroatoms. The third kappa shape index (κ3) is 3.05. The first-order valence-electron chi connectivity index (χ1n) is 6.57. The van der Waals surface area contributed by atoms with Gasteiger partial charge in [-0.3, -0.25) is 14.3 Å². The van der Waals surface area contributed by atoms with Gasteiger partial charge in [-0.15, -0.1) is 0 Å². The average Bonchev–Trinajstić information content (AvgIpc) is 2.44. The maximum Gasteiger partial charge on any atom is 0.330 e. The van der Waals surface area contributed by atoms with Gasteiger partial charge in [0, 0.05) is 24.3 Å². The van der Waals surface area contributed by atoms with Crippen LogP contribution in [0.4, 0.5) is 0 Å². The lowest BCUT2D eigenvalue weighted by atomic mass is 10.1. The first kappa shape index (κ1) is 14.3. The molecule has 0 fully saturated rings. The van der Waals surface area contributed by atoms with E-state index < -0.39 is 5.69 Å². The summed E-state index contributed by atoms with van der Waals surface area (Å²) in [5.74, 6) is 0. The zero-order valence-electron chi connectivity index (χ0n) is 11.7. The maximum absolute atomic E-state index is 12.0. The number of H-pyrrole nitrogens is 1. The lowest BCUT2D eigenvalue weighted by Crippen LogP contribution is -2.35. The van der Waals surface area contributed by atoms with Crippen LogP contribution in [0, 0.1) is 6.92 Å². The van der Waals surface area contributed by atoms with Crippen molar-refractivity contribution in [1.82, 2.24) is 9.55 Å². The highest BCUT2D eigenvalue weighted by molar-refractivity contribution is 5.26. The van der Waals surface area contributed by atoms with Crippen LogP contribution in [-0.2, 0) is 17.9 Å². The lowest BCUT2D eigenvalue weighted by Gasteiger charge is -2.12. The molecule has 1 N–H and O–H groups in total. The third-order valence-corrected chi connectivity index (χ3v) is 3.23. The number of rotatable bonds is 5. The molecule has 0 aliphatic rings. The van der Waals surface area contributed by atoms with Crippen molar-refractivity contribution in [1.29, 1.82) is 0 Å². The van der Waals surface area contributed by atoms with Crippen LogP contribution in [0.2, 0.25) is 0 Å². The summed E-state index contributed by atoms with van der Waals surface area (Å²) in [6.45, 7) is 4.30. The van der Waals surface area contributed by atoms with E-state index in [4.69, 9.17) is 4.74 Å². The van der Waals surface area contributed by atoms with Crippen LogP contribution < -0.4 is 11.2 Å². The van der Waals surface area contributed by atoms with Gasteiger partial charge in [-0.25, -0.2) is 4.79 Å². The van der Waals surface area contributed by atoms with Gasteiger partial charge < -0.3 is 4.74 Å². The minimum absolute atomic E-state index is 0.153. The molecule has 0 unspecified atom stereocenters. The van der Waals surface area contributed by atoms with Gasteiger partial charge in [-0.2, -0.15) is 0 Å². The van der Waals surface area contributed by atoms with E-state index in [0.29, 0.717) is 24.3 Å². The molecule has 0 saturated carbocycles. The Balaban J connectivity index is 2.42. The van der Waals surface area contributed by atoms with E-state index >= 15 is 0 Å². The number of aromatic nitrogens is 2. The molecule has 0 amide bonds. The highest BCUT2D eigenvalue weighted by Crippen LogP contribution is 2.08. The summed E-state index contributed by atoms with van der Waals surface area (Å²) >= 11 is 0. The van der Waals surface area contributed by atoms with Gasteiger partial charge in [0.15, 0.2) is 0 Å². The molecule has 0 bridgehead atoms. The number of hydrogen-bond donors (Lipinski definition) is 1. The number of aromatic amines is 1. The second-order valence-electron chi connectivity index (χ2n) is 4.54. The van der Waals surface area contributed by atoms with Crippen LogP contribution >= 0.6 is 0 Å². The molecule has 1 heterocycles. The van der Waals surface area contributed by atoms with E-state index in [9.17, 15) is 9.59 Å². The summed E-state index contributed by atoms with van der Waals surface area (Å²) in [6, 6.07) is 9.69. The standard InChI is InChI=1S/C15H18N2O3/c1-3-20-10-17-11(2)13(14(18)16-15(17)19)9-12-7-5-4-6-8-12/h4-8H,3,9-10H2,1-2H3,(H,16,18,19). The molecule has 0 saturated heterocycles. The van der Waals surface area contributed by atoms with Crippen LogP contribution in [0.25, 0.3) is 0 Å². The molecule has 1 aromatic heterocycles. The van der Waals surface area contributed by atoms with E-state index in [2.05, 4.69) is 4.98 Å². The molecule has 0 aliphatic heterocycles. The Labute approximate surface area is 116 Å². The van der Waals surface area contributed by atoms with Crippen molar-refractivity contribution in [2.24, 2.45) is 0 Å². The van der Waals surface area contributed by atoms with Gasteiger partial charge in [-0.1, -0.05) is 30.3 Å². The number of nitrogens with zero attached hydrogens (tertiary/aromatic N) is 1. The number of benzene rings is 1. The quantitative estimate of drug-likeness (QED) is 0.897. The molecular weight excluding hydrogens is 256 g/mol. The Bertz CT molecular complexity index is 687. The van der Waals surface area contributed by atoms with Crippen molar-refractivity contribution < 1.29 is 4.74 Å². The summed E-state index contributed by atoms with van der Waals surface area (Å²) < 4.78 is 6.71. The van der Waals surface area contributed by atoms with E-state index in [1.165, 1.54) is 4.57 Å². The summed E-state index contributed by atoms with van der Waals surface area (Å²) in [7, 11) is 0. The Morgan fingerprint density at radius 1 is 1.20 bits per heavy atom. The SMILES string of the molecule is CCOCn1c(C)c(Cc2ccccc2)c(=O)[nH]c1=O. The predicted molar refractivity (Wildman–Crippen MR) is 76.9 cm³/mol. The minimum atomic E-state index is -0.433. The molecule has 0 atom stereocenters. The van der Waals surface area contributed by atoms with E-state index in [0.717, 1.165) is 5.56 Å². The maximum atomic E-state index is 12.0. The number of hydrogen-bond acceptors (Lipinski definition) is 3. The summed E-state index contributed by atoms with van der Waals surface area (Å²) in [4.78, 5) is 26.1. The predicted octanol–water partition coefficient (Wildman–Crippen LogP) is 1.43. The summed E-state index contributed by atoms with van der Waals surface area (Å²) in [5, 5.41) is 0. The fourth-order valence-electron chi connectivity index (χ4n) is 2.07. The van der Waals surface area contributed by atoms with Gasteiger partial charge in [0.2, 0.25) is 0 Å². The molecule has 5 nitrogen and oxygen atoms in total. The molecule has 20 heavy (non-hydrogen) atoms. The first-order valence-corrected chi connectivity index (χ1v) is 6.57. The molecule has 2 rings (SSSR count). The van der Waals surface area contributed by atoms with Gasteiger partial charge in [-0.05, 0) is 19.4 Å². The molecular formula is C15H18N2O3. The highest BCUT2D eigenvalue weighted by Gasteiger charge is 2.11. The van der Waals surface area contributed by atoms with Crippen molar-refractivity contribution in [2.75, 3.05) is 6.61 Å². The highest BCUT2D eigenvalue weighted by atomic mass is 16.5. The van der Waals surface area contributed by atoms with Crippen molar-refractivity contribution in [3.8, 4) is 0 Å².